The first-order valence-electron chi connectivity index (χ1n) is 20.0. The van der Waals surface area contributed by atoms with Crippen LogP contribution in [0, 0.1) is 0 Å². The highest BCUT2D eigenvalue weighted by atomic mass is 32.1. The number of benzene rings is 7. The summed E-state index contributed by atoms with van der Waals surface area (Å²) in [5, 5.41) is 4.10. The number of para-hydroxylation sites is 2. The molecule has 6 heteroatoms. The van der Waals surface area contributed by atoms with Crippen LogP contribution in [0.25, 0.3) is 98.2 Å². The lowest BCUT2D eigenvalue weighted by Gasteiger charge is -2.14. The highest BCUT2D eigenvalue weighted by Crippen LogP contribution is 2.44. The molecule has 0 unspecified atom stereocenters. The fourth-order valence-electron chi connectivity index (χ4n) is 7.35. The number of nitrogens with zero attached hydrogens (tertiary/aromatic N) is 5. The lowest BCUT2D eigenvalue weighted by molar-refractivity contribution is 0.953. The van der Waals surface area contributed by atoms with Crippen LogP contribution in [0.5, 0.6) is 0 Å². The molecule has 7 aromatic carbocycles. The second-order valence-corrected chi connectivity index (χ2v) is 13.3. The Morgan fingerprint density at radius 1 is 0.451 bits per heavy atom. The Kier molecular flexibility index (Phi) is 4.75. The van der Waals surface area contributed by atoms with Gasteiger partial charge in [-0.1, -0.05) is 133 Å². The van der Waals surface area contributed by atoms with E-state index < -0.39 is 6.04 Å². The average Bonchev–Trinajstić information content (AvgIpc) is 3.94. The molecule has 4 heterocycles. The van der Waals surface area contributed by atoms with Crippen LogP contribution in [0.2, 0.25) is 0 Å². The van der Waals surface area contributed by atoms with Crippen molar-refractivity contribution < 1.29 is 9.60 Å². The van der Waals surface area contributed by atoms with E-state index in [1.165, 1.54) is 0 Å². The first-order chi connectivity index (χ1) is 28.2. The van der Waals surface area contributed by atoms with E-state index in [4.69, 9.17) is 23.2 Å². The van der Waals surface area contributed by atoms with E-state index >= 15 is 0 Å². The molecule has 238 valence electrons. The first kappa shape index (κ1) is 22.2. The van der Waals surface area contributed by atoms with Crippen molar-refractivity contribution in [1.82, 2.24) is 24.1 Å². The third-order valence-corrected chi connectivity index (χ3v) is 10.5. The molecule has 0 radical (unpaired) electrons. The quantitative estimate of drug-likeness (QED) is 0.186. The van der Waals surface area contributed by atoms with Crippen molar-refractivity contribution in [2.45, 2.75) is 0 Å². The van der Waals surface area contributed by atoms with Crippen LogP contribution in [-0.2, 0) is 0 Å². The molecule has 0 aliphatic heterocycles. The number of rotatable bonds is 4. The minimum Gasteiger partial charge on any atom is -0.306 e. The number of hydrogen-bond donors (Lipinski definition) is 0. The molecule has 0 spiro atoms. The highest BCUT2D eigenvalue weighted by molar-refractivity contribution is 7.25. The van der Waals surface area contributed by atoms with Crippen LogP contribution in [0.1, 0.15) is 9.60 Å². The monoisotopic (exact) mass is 676 g/mol. The molecule has 0 aliphatic carbocycles. The zero-order chi connectivity index (χ0) is 39.6. The van der Waals surface area contributed by atoms with Gasteiger partial charge in [-0.2, -0.15) is 9.97 Å². The van der Waals surface area contributed by atoms with Crippen molar-refractivity contribution in [3.8, 4) is 34.4 Å². The van der Waals surface area contributed by atoms with Gasteiger partial charge in [0.2, 0.25) is 5.95 Å². The van der Waals surface area contributed by atoms with Gasteiger partial charge < -0.3 is 4.57 Å². The summed E-state index contributed by atoms with van der Waals surface area (Å²) < 4.78 is 67.3. The third kappa shape index (κ3) is 4.17. The van der Waals surface area contributed by atoms with Crippen LogP contribution < -0.4 is 0 Å². The zero-order valence-corrected chi connectivity index (χ0v) is 27.5. The van der Waals surface area contributed by atoms with E-state index in [1.807, 2.05) is 112 Å². The summed E-state index contributed by atoms with van der Waals surface area (Å²) in [5.41, 5.74) is 4.86. The summed E-state index contributed by atoms with van der Waals surface area (Å²) in [6.45, 7) is 0. The van der Waals surface area contributed by atoms with Crippen LogP contribution in [0.15, 0.2) is 164 Å². The Balaban J connectivity index is 1.37. The largest absolute Gasteiger partial charge is 0.306 e. The summed E-state index contributed by atoms with van der Waals surface area (Å²) in [6, 6.07) is 37.5. The van der Waals surface area contributed by atoms with Crippen molar-refractivity contribution >= 4 is 75.1 Å². The van der Waals surface area contributed by atoms with Gasteiger partial charge in [-0.3, -0.25) is 4.57 Å². The molecule has 5 nitrogen and oxygen atoms in total. The van der Waals surface area contributed by atoms with Gasteiger partial charge in [0, 0.05) is 52.8 Å². The fraction of sp³-hybridized carbons (Fsp3) is 0. The number of thiophene rings is 1. The number of fused-ring (bicyclic) bond motifs is 10. The van der Waals surface area contributed by atoms with Gasteiger partial charge in [-0.25, -0.2) is 4.98 Å². The Morgan fingerprint density at radius 2 is 1.00 bits per heavy atom. The molecule has 0 N–H and O–H groups in total. The van der Waals surface area contributed by atoms with Crippen molar-refractivity contribution in [3.63, 3.8) is 0 Å². The van der Waals surface area contributed by atoms with Gasteiger partial charge in [-0.15, -0.1) is 11.3 Å². The molecule has 0 saturated carbocycles. The Hall–Kier alpha value is -6.63. The van der Waals surface area contributed by atoms with Gasteiger partial charge >= 0.3 is 0 Å². The van der Waals surface area contributed by atoms with Gasteiger partial charge in [0.15, 0.2) is 11.6 Å². The molecule has 0 amide bonds. The number of hydrogen-bond acceptors (Lipinski definition) is 4. The van der Waals surface area contributed by atoms with E-state index in [2.05, 4.69) is 18.2 Å². The van der Waals surface area contributed by atoms with Gasteiger partial charge in [-0.05, 0) is 30.3 Å². The lowest BCUT2D eigenvalue weighted by Crippen LogP contribution is -2.07. The summed E-state index contributed by atoms with van der Waals surface area (Å²) in [7, 11) is 0. The average molecular weight is 677 g/mol. The van der Waals surface area contributed by atoms with Crippen molar-refractivity contribution in [1.29, 1.82) is 0 Å². The third-order valence-electron chi connectivity index (χ3n) is 9.51. The fourth-order valence-corrected chi connectivity index (χ4v) is 8.31. The second kappa shape index (κ2) is 10.9. The molecule has 11 aromatic rings. The molecule has 11 rings (SSSR count). The summed E-state index contributed by atoms with van der Waals surface area (Å²) in [5.74, 6) is 1.35. The minimum absolute atomic E-state index is 0.200. The molecular weight excluding hydrogens is 643 g/mol. The molecule has 0 bridgehead atoms. The van der Waals surface area contributed by atoms with Gasteiger partial charge in [0.05, 0.1) is 37.3 Å². The Morgan fingerprint density at radius 3 is 1.67 bits per heavy atom. The van der Waals surface area contributed by atoms with Crippen molar-refractivity contribution in [2.75, 3.05) is 0 Å². The predicted octanol–water partition coefficient (Wildman–Crippen LogP) is 11.8. The highest BCUT2D eigenvalue weighted by Gasteiger charge is 2.24. The first-order valence-corrected chi connectivity index (χ1v) is 17.3. The smallest absolute Gasteiger partial charge is 0.238 e. The topological polar surface area (TPSA) is 48.5 Å². The minimum atomic E-state index is -0.404. The maximum absolute atomic E-state index is 9.60. The van der Waals surface area contributed by atoms with E-state index in [0.29, 0.717) is 33.2 Å². The maximum atomic E-state index is 9.60. The van der Waals surface area contributed by atoms with E-state index in [0.717, 1.165) is 60.6 Å². The SMILES string of the molecule is [2H]c1c([2H])c([2H])c2c(sc3c([2H])c([2H])c([2H])c(-n4c5ccccc5c5ccc6c7ccccc7n(-c7nc(-c8ccccc8)nc(-c8ccccc8)n7)c6c54)c32)c1[2H]. The van der Waals surface area contributed by atoms with Gasteiger partial charge in [0.25, 0.3) is 0 Å². The molecule has 0 atom stereocenters. The van der Waals surface area contributed by atoms with E-state index in [1.54, 1.807) is 0 Å². The van der Waals surface area contributed by atoms with Crippen molar-refractivity contribution in [2.24, 2.45) is 0 Å². The molecule has 0 saturated heterocycles. The second-order valence-electron chi connectivity index (χ2n) is 12.3. The van der Waals surface area contributed by atoms with Crippen LogP contribution >= 0.6 is 11.3 Å². The molecule has 51 heavy (non-hydrogen) atoms. The van der Waals surface area contributed by atoms with E-state index in [9.17, 15) is 1.37 Å². The Bertz CT molecular complexity index is 3490. The zero-order valence-electron chi connectivity index (χ0n) is 33.7. The standard InChI is InChI=1S/C45H27N5S/c1-3-14-28(15-4-1)43-46-44(29-16-5-2-6-17-29)48-45(47-43)50-36-22-11-8-19-31(36)33-27-26-32-30-18-7-10-21-35(30)49(41(32)42(33)50)37-23-13-25-39-40(37)34-20-9-12-24-38(34)51-39/h1-27H/i9D,12D,13D,20D,23D,24D,25D. The predicted molar refractivity (Wildman–Crippen MR) is 212 cm³/mol. The lowest BCUT2D eigenvalue weighted by atomic mass is 10.1. The number of aromatic nitrogens is 5. The Labute approximate surface area is 306 Å². The summed E-state index contributed by atoms with van der Waals surface area (Å²) in [4.78, 5) is 15.3. The van der Waals surface area contributed by atoms with Crippen LogP contribution in [0.3, 0.4) is 0 Å². The molecular formula is C45H27N5S. The summed E-state index contributed by atoms with van der Waals surface area (Å²) in [6.07, 6.45) is 0. The van der Waals surface area contributed by atoms with Crippen molar-refractivity contribution in [3.05, 3.63) is 164 Å². The maximum Gasteiger partial charge on any atom is 0.238 e. The normalized spacial score (nSPS) is 13.8. The molecule has 0 fully saturated rings. The van der Waals surface area contributed by atoms with E-state index in [-0.39, 0.29) is 52.0 Å². The summed E-state index contributed by atoms with van der Waals surface area (Å²) >= 11 is 1.06. The van der Waals surface area contributed by atoms with Gasteiger partial charge in [0.1, 0.15) is 0 Å². The van der Waals surface area contributed by atoms with Crippen LogP contribution in [0.4, 0.5) is 0 Å². The molecule has 0 aliphatic rings. The van der Waals surface area contributed by atoms with Crippen LogP contribution in [-0.4, -0.2) is 24.1 Å². The molecule has 4 aromatic heterocycles.